The van der Waals surface area contributed by atoms with Gasteiger partial charge < -0.3 is 15.3 Å². The van der Waals surface area contributed by atoms with Crippen LogP contribution in [0.5, 0.6) is 0 Å². The molecule has 1 aromatic rings. The first-order valence-corrected chi connectivity index (χ1v) is 7.51. The molecule has 1 aromatic heterocycles. The van der Waals surface area contributed by atoms with Crippen molar-refractivity contribution in [1.29, 1.82) is 0 Å². The quantitative estimate of drug-likeness (QED) is 0.888. The summed E-state index contributed by atoms with van der Waals surface area (Å²) < 4.78 is 0. The fraction of sp³-hybridized carbons (Fsp3) is 0.455. The largest absolute Gasteiger partial charge is 0.480 e. The molecule has 5 nitrogen and oxygen atoms in total. The highest BCUT2D eigenvalue weighted by Crippen LogP contribution is 2.21. The molecule has 7 heteroatoms. The lowest BCUT2D eigenvalue weighted by Crippen LogP contribution is -2.46. The minimum atomic E-state index is -0.942. The third-order valence-electron chi connectivity index (χ3n) is 2.80. The number of carboxylic acid groups (broad SMARTS) is 1. The summed E-state index contributed by atoms with van der Waals surface area (Å²) in [5, 5.41) is 13.7. The minimum absolute atomic E-state index is 0.305. The fourth-order valence-corrected chi connectivity index (χ4v) is 3.68. The van der Waals surface area contributed by atoms with Crippen LogP contribution in [0.1, 0.15) is 10.4 Å². The van der Waals surface area contributed by atoms with Crippen LogP contribution in [0.3, 0.4) is 0 Å². The maximum atomic E-state index is 11.9. The van der Waals surface area contributed by atoms with E-state index in [0.717, 1.165) is 10.4 Å². The zero-order chi connectivity index (χ0) is 13.1. The zero-order valence-corrected chi connectivity index (χ0v) is 11.5. The second-order valence-electron chi connectivity index (χ2n) is 4.01. The first-order valence-electron chi connectivity index (χ1n) is 5.47. The molecule has 18 heavy (non-hydrogen) atoms. The van der Waals surface area contributed by atoms with E-state index in [9.17, 15) is 9.59 Å². The Bertz CT molecular complexity index is 461. The molecule has 98 valence electrons. The molecule has 1 aliphatic rings. The summed E-state index contributed by atoms with van der Waals surface area (Å²) in [6.45, 7) is 2.44. The monoisotopic (exact) mass is 286 g/mol. The number of thiophene rings is 1. The van der Waals surface area contributed by atoms with Crippen LogP contribution in [-0.2, 0) is 11.3 Å². The van der Waals surface area contributed by atoms with E-state index in [1.54, 1.807) is 11.3 Å². The Morgan fingerprint density at radius 1 is 1.61 bits per heavy atom. The summed E-state index contributed by atoms with van der Waals surface area (Å²) in [6.07, 6.45) is 0. The maximum absolute atomic E-state index is 11.9. The Hall–Kier alpha value is -1.21. The summed E-state index contributed by atoms with van der Waals surface area (Å²) in [4.78, 5) is 25.4. The van der Waals surface area contributed by atoms with E-state index in [2.05, 4.69) is 5.32 Å². The first-order chi connectivity index (χ1) is 8.59. The first kappa shape index (κ1) is 13.2. The molecule has 0 aliphatic carbocycles. The van der Waals surface area contributed by atoms with Crippen molar-refractivity contribution in [2.24, 2.45) is 0 Å². The van der Waals surface area contributed by atoms with E-state index >= 15 is 0 Å². The molecule has 0 aromatic carbocycles. The number of amides is 2. The Kier molecular flexibility index (Phi) is 4.13. The number of carboxylic acids is 1. The predicted molar refractivity (Wildman–Crippen MR) is 71.9 cm³/mol. The molecule has 1 fully saturated rings. The highest BCUT2D eigenvalue weighted by atomic mass is 32.2. The second kappa shape index (κ2) is 5.62. The lowest BCUT2D eigenvalue weighted by molar-refractivity contribution is -0.140. The second-order valence-corrected chi connectivity index (χ2v) is 6.01. The van der Waals surface area contributed by atoms with Crippen molar-refractivity contribution >= 4 is 35.1 Å². The summed E-state index contributed by atoms with van der Waals surface area (Å²) in [7, 11) is 0. The highest BCUT2D eigenvalue weighted by molar-refractivity contribution is 7.99. The number of thioether (sulfide) groups is 1. The highest BCUT2D eigenvalue weighted by Gasteiger charge is 2.34. The molecular formula is C11H14N2O3S2. The molecule has 2 N–H and O–H groups in total. The van der Waals surface area contributed by atoms with Crippen LogP contribution in [0.4, 0.5) is 4.79 Å². The van der Waals surface area contributed by atoms with Crippen molar-refractivity contribution < 1.29 is 14.7 Å². The lowest BCUT2D eigenvalue weighted by atomic mass is 10.3. The van der Waals surface area contributed by atoms with Crippen molar-refractivity contribution in [2.45, 2.75) is 19.5 Å². The number of rotatable bonds is 3. The molecular weight excluding hydrogens is 272 g/mol. The molecule has 0 saturated carbocycles. The van der Waals surface area contributed by atoms with Gasteiger partial charge in [-0.1, -0.05) is 0 Å². The van der Waals surface area contributed by atoms with Crippen LogP contribution in [0, 0.1) is 6.92 Å². The van der Waals surface area contributed by atoms with Gasteiger partial charge in [0, 0.05) is 10.6 Å². The summed E-state index contributed by atoms with van der Waals surface area (Å²) in [6, 6.07) is 0.984. The van der Waals surface area contributed by atoms with E-state index < -0.39 is 12.0 Å². The normalized spacial score (nSPS) is 18.9. The van der Waals surface area contributed by atoms with Gasteiger partial charge in [0.25, 0.3) is 0 Å². The number of hydrogen-bond acceptors (Lipinski definition) is 4. The van der Waals surface area contributed by atoms with E-state index in [0.29, 0.717) is 18.2 Å². The number of carbonyl (C=O) groups excluding carboxylic acids is 1. The van der Waals surface area contributed by atoms with Gasteiger partial charge in [-0.3, -0.25) is 0 Å². The van der Waals surface area contributed by atoms with E-state index in [1.165, 1.54) is 16.7 Å². The zero-order valence-electron chi connectivity index (χ0n) is 9.88. The number of aliphatic carboxylic acids is 1. The van der Waals surface area contributed by atoms with Crippen molar-refractivity contribution in [1.82, 2.24) is 10.2 Å². The third-order valence-corrected chi connectivity index (χ3v) is 4.83. The molecule has 0 radical (unpaired) electrons. The van der Waals surface area contributed by atoms with Crippen molar-refractivity contribution in [3.63, 3.8) is 0 Å². The van der Waals surface area contributed by atoms with Crippen LogP contribution in [0.15, 0.2) is 11.4 Å². The molecule has 0 spiro atoms. The number of nitrogens with one attached hydrogen (secondary N) is 1. The van der Waals surface area contributed by atoms with Gasteiger partial charge in [-0.05, 0) is 23.9 Å². The van der Waals surface area contributed by atoms with Gasteiger partial charge in [-0.2, -0.15) is 0 Å². The van der Waals surface area contributed by atoms with Gasteiger partial charge in [0.05, 0.1) is 12.4 Å². The van der Waals surface area contributed by atoms with Crippen LogP contribution < -0.4 is 5.32 Å². The molecule has 0 unspecified atom stereocenters. The average molecular weight is 286 g/mol. The molecule has 1 atom stereocenters. The Morgan fingerprint density at radius 3 is 3.00 bits per heavy atom. The Morgan fingerprint density at radius 2 is 2.39 bits per heavy atom. The number of hydrogen-bond donors (Lipinski definition) is 2. The summed E-state index contributed by atoms with van der Waals surface area (Å²) >= 11 is 3.05. The number of carbonyl (C=O) groups is 2. The average Bonchev–Trinajstić information content (AvgIpc) is 2.94. The maximum Gasteiger partial charge on any atom is 0.327 e. The van der Waals surface area contributed by atoms with Gasteiger partial charge in [0.15, 0.2) is 0 Å². The molecule has 1 saturated heterocycles. The Labute approximate surface area is 113 Å². The van der Waals surface area contributed by atoms with Crippen LogP contribution in [0.2, 0.25) is 0 Å². The number of nitrogens with zero attached hydrogens (tertiary/aromatic N) is 1. The van der Waals surface area contributed by atoms with Crippen LogP contribution in [0.25, 0.3) is 0 Å². The van der Waals surface area contributed by atoms with Crippen LogP contribution >= 0.6 is 23.1 Å². The molecule has 2 heterocycles. The van der Waals surface area contributed by atoms with Crippen molar-refractivity contribution in [3.05, 3.63) is 21.9 Å². The predicted octanol–water partition coefficient (Wildman–Crippen LogP) is 1.73. The topological polar surface area (TPSA) is 69.6 Å². The lowest BCUT2D eigenvalue weighted by Gasteiger charge is -2.20. The van der Waals surface area contributed by atoms with Crippen molar-refractivity contribution in [2.75, 3.05) is 11.6 Å². The molecule has 1 aliphatic heterocycles. The van der Waals surface area contributed by atoms with Crippen LogP contribution in [-0.4, -0.2) is 39.7 Å². The van der Waals surface area contributed by atoms with E-state index in [-0.39, 0.29) is 6.03 Å². The van der Waals surface area contributed by atoms with E-state index in [1.807, 2.05) is 18.4 Å². The Balaban J connectivity index is 1.92. The number of aryl methyl sites for hydroxylation is 1. The summed E-state index contributed by atoms with van der Waals surface area (Å²) in [5.74, 6) is -0.0463. The van der Waals surface area contributed by atoms with Gasteiger partial charge in [-0.25, -0.2) is 9.59 Å². The summed E-state index contributed by atoms with van der Waals surface area (Å²) in [5.41, 5.74) is 1.14. The SMILES string of the molecule is Cc1ccsc1CNC(=O)N1CSC[C@H]1C(=O)O. The van der Waals surface area contributed by atoms with Gasteiger partial charge in [0.2, 0.25) is 0 Å². The van der Waals surface area contributed by atoms with Gasteiger partial charge in [-0.15, -0.1) is 23.1 Å². The fourth-order valence-electron chi connectivity index (χ4n) is 1.69. The van der Waals surface area contributed by atoms with Gasteiger partial charge in [0.1, 0.15) is 6.04 Å². The van der Waals surface area contributed by atoms with Gasteiger partial charge >= 0.3 is 12.0 Å². The number of urea groups is 1. The van der Waals surface area contributed by atoms with E-state index in [4.69, 9.17) is 5.11 Å². The van der Waals surface area contributed by atoms with Crippen molar-refractivity contribution in [3.8, 4) is 0 Å². The smallest absolute Gasteiger partial charge is 0.327 e. The molecule has 0 bridgehead atoms. The molecule has 2 rings (SSSR count). The minimum Gasteiger partial charge on any atom is -0.480 e. The molecule has 2 amide bonds. The standard InChI is InChI=1S/C11H14N2O3S2/c1-7-2-3-18-9(7)4-12-11(16)13-6-17-5-8(13)10(14)15/h2-3,8H,4-6H2,1H3,(H,12,16)(H,14,15)/t8-/m0/s1. The third kappa shape index (κ3) is 2.78.